The predicted molar refractivity (Wildman–Crippen MR) is 125 cm³/mol. The first-order chi connectivity index (χ1) is 15.8. The van der Waals surface area contributed by atoms with Crippen LogP contribution in [0.3, 0.4) is 0 Å². The fraction of sp³-hybridized carbons (Fsp3) is 0.238. The number of aryl methyl sites for hydroxylation is 1. The smallest absolute Gasteiger partial charge is 0.239 e. The highest BCUT2D eigenvalue weighted by molar-refractivity contribution is 6.05. The number of anilines is 3. The minimum Gasteiger partial charge on any atom is -0.383 e. The van der Waals surface area contributed by atoms with Gasteiger partial charge in [0, 0.05) is 23.2 Å². The van der Waals surface area contributed by atoms with Gasteiger partial charge in [0.15, 0.2) is 5.65 Å². The molecule has 0 aliphatic rings. The highest BCUT2D eigenvalue weighted by Crippen LogP contribution is 2.36. The molecule has 0 aliphatic heterocycles. The summed E-state index contributed by atoms with van der Waals surface area (Å²) < 4.78 is 3.29. The van der Waals surface area contributed by atoms with Crippen molar-refractivity contribution in [2.45, 2.75) is 33.4 Å². The number of carbonyl (C=O) groups excluding carboxylic acids is 1. The van der Waals surface area contributed by atoms with Crippen molar-refractivity contribution in [2.75, 3.05) is 11.1 Å². The van der Waals surface area contributed by atoms with E-state index in [0.717, 1.165) is 16.5 Å². The molecule has 4 heterocycles. The van der Waals surface area contributed by atoms with Crippen LogP contribution in [-0.4, -0.2) is 45.6 Å². The molecule has 12 nitrogen and oxygen atoms in total. The van der Waals surface area contributed by atoms with Crippen LogP contribution in [0.2, 0.25) is 0 Å². The second-order valence-electron chi connectivity index (χ2n) is 8.07. The van der Waals surface area contributed by atoms with Crippen molar-refractivity contribution < 1.29 is 4.79 Å². The minimum absolute atomic E-state index is 0.0202. The molecule has 0 fully saturated rings. The summed E-state index contributed by atoms with van der Waals surface area (Å²) in [6.07, 6.45) is 3.44. The Morgan fingerprint density at radius 1 is 1.24 bits per heavy atom. The highest BCUT2D eigenvalue weighted by Gasteiger charge is 2.22. The van der Waals surface area contributed by atoms with Gasteiger partial charge in [-0.25, -0.2) is 4.68 Å². The Balaban J connectivity index is 1.64. The van der Waals surface area contributed by atoms with Crippen LogP contribution in [0.4, 0.5) is 17.5 Å². The van der Waals surface area contributed by atoms with Crippen molar-refractivity contribution >= 4 is 45.3 Å². The van der Waals surface area contributed by atoms with Gasteiger partial charge in [0.25, 0.3) is 0 Å². The Morgan fingerprint density at radius 2 is 2.06 bits per heavy atom. The molecule has 33 heavy (non-hydrogen) atoms. The second kappa shape index (κ2) is 7.58. The van der Waals surface area contributed by atoms with Crippen LogP contribution >= 0.6 is 0 Å². The molecule has 0 saturated heterocycles. The Hall–Kier alpha value is -4.48. The maximum atomic E-state index is 11.2. The van der Waals surface area contributed by atoms with Crippen LogP contribution in [0.15, 0.2) is 30.6 Å². The van der Waals surface area contributed by atoms with Crippen molar-refractivity contribution in [1.82, 2.24) is 39.7 Å². The molecular weight excluding hydrogens is 422 g/mol. The average molecular weight is 445 g/mol. The number of aromatic nitrogens is 8. The Kier molecular flexibility index (Phi) is 4.69. The monoisotopic (exact) mass is 445 g/mol. The molecule has 12 heteroatoms. The quantitative estimate of drug-likeness (QED) is 0.308. The summed E-state index contributed by atoms with van der Waals surface area (Å²) in [5.74, 6) is 0.121. The number of nitrogens with one attached hydrogen (secondary N) is 2. The zero-order valence-electron chi connectivity index (χ0n) is 18.4. The van der Waals surface area contributed by atoms with Gasteiger partial charge in [-0.1, -0.05) is 12.1 Å². The maximum absolute atomic E-state index is 11.2. The van der Waals surface area contributed by atoms with E-state index >= 15 is 0 Å². The summed E-state index contributed by atoms with van der Waals surface area (Å²) in [5.41, 5.74) is 16.1. The zero-order chi connectivity index (χ0) is 23.3. The molecule has 5 rings (SSSR count). The van der Waals surface area contributed by atoms with E-state index in [9.17, 15) is 4.79 Å². The molecule has 0 unspecified atom stereocenters. The van der Waals surface area contributed by atoms with E-state index in [2.05, 4.69) is 25.6 Å². The number of carbonyl (C=O) groups is 1. The molecule has 168 valence electrons. The Labute approximate surface area is 188 Å². The third-order valence-corrected chi connectivity index (χ3v) is 5.32. The summed E-state index contributed by atoms with van der Waals surface area (Å²) in [5, 5.41) is 21.0. The van der Waals surface area contributed by atoms with Crippen molar-refractivity contribution in [3.8, 4) is 11.3 Å². The number of nitrogens with zero attached hydrogens (tertiary/aromatic N) is 7. The van der Waals surface area contributed by atoms with Gasteiger partial charge in [0.05, 0.1) is 28.5 Å². The van der Waals surface area contributed by atoms with Gasteiger partial charge in [-0.2, -0.15) is 25.3 Å². The molecule has 5 aromatic rings. The Morgan fingerprint density at radius 3 is 2.82 bits per heavy atom. The molecule has 1 aromatic carbocycles. The lowest BCUT2D eigenvalue weighted by atomic mass is 10.1. The molecule has 1 amide bonds. The van der Waals surface area contributed by atoms with E-state index in [1.54, 1.807) is 12.4 Å². The normalized spacial score (nSPS) is 11.6. The summed E-state index contributed by atoms with van der Waals surface area (Å²) in [7, 11) is 0. The molecule has 0 saturated carbocycles. The van der Waals surface area contributed by atoms with E-state index < -0.39 is 5.91 Å². The van der Waals surface area contributed by atoms with Crippen molar-refractivity contribution in [3.05, 3.63) is 36.3 Å². The van der Waals surface area contributed by atoms with E-state index in [1.807, 2.05) is 43.7 Å². The van der Waals surface area contributed by atoms with Crippen molar-refractivity contribution in [1.29, 1.82) is 0 Å². The number of nitrogen functional groups attached to an aromatic ring is 1. The summed E-state index contributed by atoms with van der Waals surface area (Å²) in [6.45, 7) is 5.84. The molecule has 0 bridgehead atoms. The van der Waals surface area contributed by atoms with Crippen LogP contribution in [0.1, 0.15) is 25.6 Å². The minimum atomic E-state index is -0.480. The van der Waals surface area contributed by atoms with E-state index in [0.29, 0.717) is 39.9 Å². The molecule has 0 radical (unpaired) electrons. The standard InChI is InChI=1S/C21H23N11O/c1-10(2)32-20-17(18(30-32)12-5-4-6-14-13(12)7-24-28-14)19(23)26-21(27-20)25-15-8-31(9-16(22)33)29-11(15)3/h4-8,10H,9H2,1-3H3,(H2,22,33)(H,24,28)(H3,23,25,26,27). The van der Waals surface area contributed by atoms with Crippen LogP contribution in [0.25, 0.3) is 33.2 Å². The first kappa shape index (κ1) is 20.4. The first-order valence-electron chi connectivity index (χ1n) is 10.4. The van der Waals surface area contributed by atoms with Gasteiger partial charge >= 0.3 is 0 Å². The largest absolute Gasteiger partial charge is 0.383 e. The molecule has 0 aliphatic carbocycles. The number of hydrogen-bond acceptors (Lipinski definition) is 8. The third-order valence-electron chi connectivity index (χ3n) is 5.32. The first-order valence-corrected chi connectivity index (χ1v) is 10.4. The molecular formula is C21H23N11O. The van der Waals surface area contributed by atoms with Gasteiger partial charge in [0.1, 0.15) is 18.1 Å². The van der Waals surface area contributed by atoms with E-state index in [4.69, 9.17) is 21.5 Å². The molecule has 0 atom stereocenters. The van der Waals surface area contributed by atoms with E-state index in [1.165, 1.54) is 4.68 Å². The number of fused-ring (bicyclic) bond motifs is 2. The van der Waals surface area contributed by atoms with Gasteiger partial charge < -0.3 is 16.8 Å². The number of primary amides is 1. The van der Waals surface area contributed by atoms with Crippen LogP contribution < -0.4 is 16.8 Å². The Bertz CT molecular complexity index is 1510. The fourth-order valence-corrected chi connectivity index (χ4v) is 3.84. The topological polar surface area (TPSA) is 171 Å². The number of aromatic amines is 1. The lowest BCUT2D eigenvalue weighted by Crippen LogP contribution is -2.18. The highest BCUT2D eigenvalue weighted by atomic mass is 16.1. The van der Waals surface area contributed by atoms with Gasteiger partial charge in [-0.15, -0.1) is 0 Å². The lowest BCUT2D eigenvalue weighted by molar-refractivity contribution is -0.118. The number of H-pyrrole nitrogens is 1. The number of benzene rings is 1. The molecule has 6 N–H and O–H groups in total. The van der Waals surface area contributed by atoms with Crippen LogP contribution in [-0.2, 0) is 11.3 Å². The average Bonchev–Trinajstić information content (AvgIpc) is 3.45. The number of nitrogens with two attached hydrogens (primary N) is 2. The van der Waals surface area contributed by atoms with Crippen LogP contribution in [0.5, 0.6) is 0 Å². The van der Waals surface area contributed by atoms with Gasteiger partial charge in [-0.05, 0) is 26.8 Å². The van der Waals surface area contributed by atoms with Crippen molar-refractivity contribution in [3.63, 3.8) is 0 Å². The fourth-order valence-electron chi connectivity index (χ4n) is 3.84. The summed E-state index contributed by atoms with van der Waals surface area (Å²) in [4.78, 5) is 20.4. The maximum Gasteiger partial charge on any atom is 0.239 e. The third kappa shape index (κ3) is 3.50. The zero-order valence-corrected chi connectivity index (χ0v) is 18.4. The lowest BCUT2D eigenvalue weighted by Gasteiger charge is -2.08. The van der Waals surface area contributed by atoms with E-state index in [-0.39, 0.29) is 12.6 Å². The number of amides is 1. The van der Waals surface area contributed by atoms with Gasteiger partial charge in [0.2, 0.25) is 11.9 Å². The van der Waals surface area contributed by atoms with Crippen LogP contribution in [0, 0.1) is 6.92 Å². The number of rotatable bonds is 6. The summed E-state index contributed by atoms with van der Waals surface area (Å²) in [6, 6.07) is 5.91. The molecule has 0 spiro atoms. The second-order valence-corrected chi connectivity index (χ2v) is 8.07. The molecule has 4 aromatic heterocycles. The number of hydrogen-bond donors (Lipinski definition) is 4. The van der Waals surface area contributed by atoms with Gasteiger partial charge in [-0.3, -0.25) is 14.6 Å². The SMILES string of the molecule is Cc1nn(CC(N)=O)cc1Nc1nc(N)c2c(-c3cccc4[nH]ncc34)nn(C(C)C)c2n1. The van der Waals surface area contributed by atoms with Crippen molar-refractivity contribution in [2.24, 2.45) is 5.73 Å². The predicted octanol–water partition coefficient (Wildman–Crippen LogP) is 2.27. The summed E-state index contributed by atoms with van der Waals surface area (Å²) >= 11 is 0.